The number of amides is 3. The van der Waals surface area contributed by atoms with Crippen molar-refractivity contribution in [2.24, 2.45) is 0 Å². The molecule has 1 N–H and O–H groups in total. The molecule has 6 nitrogen and oxygen atoms in total. The maximum Gasteiger partial charge on any atom is 0.411 e. The van der Waals surface area contributed by atoms with Gasteiger partial charge in [0, 0.05) is 11.9 Å². The van der Waals surface area contributed by atoms with Crippen molar-refractivity contribution in [1.82, 2.24) is 4.90 Å². The zero-order valence-corrected chi connectivity index (χ0v) is 9.60. The van der Waals surface area contributed by atoms with Crippen LogP contribution in [0.5, 0.6) is 0 Å². The van der Waals surface area contributed by atoms with E-state index in [4.69, 9.17) is 0 Å². The molecule has 0 aromatic heterocycles. The number of anilines is 1. The summed E-state index contributed by atoms with van der Waals surface area (Å²) in [5, 5.41) is 2.42. The summed E-state index contributed by atoms with van der Waals surface area (Å²) in [4.78, 5) is 35.5. The first-order chi connectivity index (χ1) is 8.58. The van der Waals surface area contributed by atoms with Gasteiger partial charge in [0.25, 0.3) is 11.8 Å². The Morgan fingerprint density at radius 3 is 2.61 bits per heavy atom. The minimum atomic E-state index is -0.646. The third-order valence-electron chi connectivity index (χ3n) is 2.53. The number of imide groups is 1. The van der Waals surface area contributed by atoms with E-state index in [1.165, 1.54) is 25.3 Å². The summed E-state index contributed by atoms with van der Waals surface area (Å²) in [6, 6.07) is 4.42. The van der Waals surface area contributed by atoms with Crippen molar-refractivity contribution in [2.75, 3.05) is 12.4 Å². The number of fused-ring (bicyclic) bond motifs is 1. The van der Waals surface area contributed by atoms with Gasteiger partial charge >= 0.3 is 6.09 Å². The molecule has 2 rings (SSSR count). The first-order valence-corrected chi connectivity index (χ1v) is 5.08. The standard InChI is InChI=1S/C12H10N2O4/c1-3-14-10(15)8-5-4-7(13-12(17)18-2)6-9(8)11(14)16/h3-6H,1H2,2H3,(H,13,17). The molecule has 92 valence electrons. The van der Waals surface area contributed by atoms with Crippen LogP contribution in [0, 0.1) is 0 Å². The van der Waals surface area contributed by atoms with Crippen LogP contribution in [-0.4, -0.2) is 29.9 Å². The van der Waals surface area contributed by atoms with Crippen LogP contribution in [-0.2, 0) is 4.74 Å². The van der Waals surface area contributed by atoms with Crippen molar-refractivity contribution in [1.29, 1.82) is 0 Å². The zero-order valence-electron chi connectivity index (χ0n) is 9.60. The summed E-state index contributed by atoms with van der Waals surface area (Å²) in [6.45, 7) is 3.41. The maximum atomic E-state index is 11.8. The Morgan fingerprint density at radius 1 is 1.33 bits per heavy atom. The topological polar surface area (TPSA) is 75.7 Å². The Labute approximate surface area is 103 Å². The van der Waals surface area contributed by atoms with E-state index in [2.05, 4.69) is 16.6 Å². The van der Waals surface area contributed by atoms with Gasteiger partial charge in [-0.1, -0.05) is 6.58 Å². The molecule has 0 bridgehead atoms. The van der Waals surface area contributed by atoms with Crippen molar-refractivity contribution in [3.05, 3.63) is 42.1 Å². The molecule has 0 fully saturated rings. The average molecular weight is 246 g/mol. The molecule has 6 heteroatoms. The molecule has 1 heterocycles. The fourth-order valence-corrected chi connectivity index (χ4v) is 1.67. The molecule has 0 saturated heterocycles. The van der Waals surface area contributed by atoms with Crippen molar-refractivity contribution in [3.63, 3.8) is 0 Å². The molecular weight excluding hydrogens is 236 g/mol. The first kappa shape index (κ1) is 11.8. The molecule has 1 aromatic carbocycles. The van der Waals surface area contributed by atoms with E-state index < -0.39 is 17.9 Å². The van der Waals surface area contributed by atoms with Crippen LogP contribution < -0.4 is 5.32 Å². The van der Waals surface area contributed by atoms with Gasteiger partial charge in [-0.15, -0.1) is 0 Å². The van der Waals surface area contributed by atoms with E-state index in [0.29, 0.717) is 5.69 Å². The van der Waals surface area contributed by atoms with Crippen molar-refractivity contribution in [3.8, 4) is 0 Å². The highest BCUT2D eigenvalue weighted by atomic mass is 16.5. The Bertz CT molecular complexity index is 565. The van der Waals surface area contributed by atoms with Crippen molar-refractivity contribution in [2.45, 2.75) is 0 Å². The number of carbonyl (C=O) groups is 3. The number of ether oxygens (including phenoxy) is 1. The van der Waals surface area contributed by atoms with E-state index in [0.717, 1.165) is 11.1 Å². The lowest BCUT2D eigenvalue weighted by Crippen LogP contribution is -2.22. The largest absolute Gasteiger partial charge is 0.453 e. The lowest BCUT2D eigenvalue weighted by atomic mass is 10.1. The lowest BCUT2D eigenvalue weighted by molar-refractivity contribution is 0.0722. The van der Waals surface area contributed by atoms with Crippen LogP contribution in [0.3, 0.4) is 0 Å². The van der Waals surface area contributed by atoms with E-state index in [1.807, 2.05) is 0 Å². The van der Waals surface area contributed by atoms with Gasteiger partial charge in [-0.3, -0.25) is 14.9 Å². The maximum absolute atomic E-state index is 11.8. The lowest BCUT2D eigenvalue weighted by Gasteiger charge is -2.04. The third kappa shape index (κ3) is 1.73. The number of hydrogen-bond acceptors (Lipinski definition) is 4. The highest BCUT2D eigenvalue weighted by Gasteiger charge is 2.34. The molecule has 0 aliphatic carbocycles. The Hall–Kier alpha value is -2.63. The van der Waals surface area contributed by atoms with Gasteiger partial charge in [0.05, 0.1) is 18.2 Å². The predicted octanol–water partition coefficient (Wildman–Crippen LogP) is 1.60. The van der Waals surface area contributed by atoms with Crippen molar-refractivity contribution >= 4 is 23.6 Å². The van der Waals surface area contributed by atoms with Gasteiger partial charge < -0.3 is 4.74 Å². The second kappa shape index (κ2) is 4.33. The van der Waals surface area contributed by atoms with E-state index >= 15 is 0 Å². The summed E-state index contributed by atoms with van der Waals surface area (Å²) in [5.74, 6) is -0.881. The number of nitrogens with one attached hydrogen (secondary N) is 1. The number of benzene rings is 1. The molecular formula is C12H10N2O4. The number of rotatable bonds is 2. The average Bonchev–Trinajstić information content (AvgIpc) is 2.61. The van der Waals surface area contributed by atoms with E-state index in [1.54, 1.807) is 0 Å². The van der Waals surface area contributed by atoms with E-state index in [-0.39, 0.29) is 11.1 Å². The Morgan fingerprint density at radius 2 is 2.00 bits per heavy atom. The predicted molar refractivity (Wildman–Crippen MR) is 63.2 cm³/mol. The summed E-state index contributed by atoms with van der Waals surface area (Å²) in [5.41, 5.74) is 0.900. The molecule has 3 amide bonds. The monoisotopic (exact) mass is 246 g/mol. The summed E-state index contributed by atoms with van der Waals surface area (Å²) in [6.07, 6.45) is 0.519. The smallest absolute Gasteiger partial charge is 0.411 e. The molecule has 1 aromatic rings. The quantitative estimate of drug-likeness (QED) is 0.804. The molecule has 0 unspecified atom stereocenters. The molecule has 0 spiro atoms. The normalized spacial score (nSPS) is 13.3. The van der Waals surface area contributed by atoms with Crippen LogP contribution >= 0.6 is 0 Å². The minimum absolute atomic E-state index is 0.230. The van der Waals surface area contributed by atoms with Gasteiger partial charge in [0.2, 0.25) is 0 Å². The highest BCUT2D eigenvalue weighted by molar-refractivity contribution is 6.22. The number of nitrogens with zero attached hydrogens (tertiary/aromatic N) is 1. The number of methoxy groups -OCH3 is 1. The van der Waals surface area contributed by atoms with E-state index in [9.17, 15) is 14.4 Å². The van der Waals surface area contributed by atoms with Gasteiger partial charge in [0.1, 0.15) is 0 Å². The number of hydrogen-bond donors (Lipinski definition) is 1. The Kier molecular flexibility index (Phi) is 2.85. The Balaban J connectivity index is 2.38. The fourth-order valence-electron chi connectivity index (χ4n) is 1.67. The van der Waals surface area contributed by atoms with Gasteiger partial charge in [-0.2, -0.15) is 0 Å². The van der Waals surface area contributed by atoms with Crippen LogP contribution in [0.1, 0.15) is 20.7 Å². The van der Waals surface area contributed by atoms with Crippen LogP contribution in [0.25, 0.3) is 0 Å². The molecule has 1 aliphatic rings. The van der Waals surface area contributed by atoms with Gasteiger partial charge in [-0.25, -0.2) is 9.69 Å². The minimum Gasteiger partial charge on any atom is -0.453 e. The van der Waals surface area contributed by atoms with Gasteiger partial charge in [0.15, 0.2) is 0 Å². The number of carbonyl (C=O) groups excluding carboxylic acids is 3. The first-order valence-electron chi connectivity index (χ1n) is 5.08. The third-order valence-corrected chi connectivity index (χ3v) is 2.53. The molecule has 0 saturated carbocycles. The molecule has 18 heavy (non-hydrogen) atoms. The van der Waals surface area contributed by atoms with Crippen LogP contribution in [0.15, 0.2) is 31.0 Å². The molecule has 0 atom stereocenters. The molecule has 0 radical (unpaired) electrons. The molecule has 1 aliphatic heterocycles. The summed E-state index contributed by atoms with van der Waals surface area (Å²) >= 11 is 0. The van der Waals surface area contributed by atoms with Crippen LogP contribution in [0.2, 0.25) is 0 Å². The fraction of sp³-hybridized carbons (Fsp3) is 0.0833. The zero-order chi connectivity index (χ0) is 13.3. The highest BCUT2D eigenvalue weighted by Crippen LogP contribution is 2.25. The SMILES string of the molecule is C=CN1C(=O)c2ccc(NC(=O)OC)cc2C1=O. The second-order valence-electron chi connectivity index (χ2n) is 3.54. The second-order valence-corrected chi connectivity index (χ2v) is 3.54. The summed E-state index contributed by atoms with van der Waals surface area (Å²) in [7, 11) is 1.23. The van der Waals surface area contributed by atoms with Crippen molar-refractivity contribution < 1.29 is 19.1 Å². The summed E-state index contributed by atoms with van der Waals surface area (Å²) < 4.78 is 4.44. The van der Waals surface area contributed by atoms with Crippen LogP contribution in [0.4, 0.5) is 10.5 Å². The van der Waals surface area contributed by atoms with Gasteiger partial charge in [-0.05, 0) is 18.2 Å².